The Labute approximate surface area is 251 Å². The molecule has 0 spiro atoms. The zero-order valence-corrected chi connectivity index (χ0v) is 25.5. The molecule has 1 aliphatic carbocycles. The van der Waals surface area contributed by atoms with Crippen LogP contribution in [0.25, 0.3) is 55.4 Å². The Kier molecular flexibility index (Phi) is 6.20. The van der Waals surface area contributed by atoms with Crippen molar-refractivity contribution in [3.63, 3.8) is 0 Å². The zero-order chi connectivity index (χ0) is 31.1. The first kappa shape index (κ1) is 27.9. The topological polar surface area (TPSA) is 130 Å². The van der Waals surface area contributed by atoms with Crippen molar-refractivity contribution in [3.05, 3.63) is 53.2 Å². The van der Waals surface area contributed by atoms with Crippen molar-refractivity contribution in [2.24, 2.45) is 14.1 Å². The third-order valence-corrected chi connectivity index (χ3v) is 8.69. The Hall–Kier alpha value is -4.94. The van der Waals surface area contributed by atoms with Gasteiger partial charge in [0.15, 0.2) is 0 Å². The highest BCUT2D eigenvalue weighted by molar-refractivity contribution is 6.14. The summed E-state index contributed by atoms with van der Waals surface area (Å²) in [4.78, 5) is 33.9. The molecule has 5 aromatic heterocycles. The van der Waals surface area contributed by atoms with Crippen molar-refractivity contribution >= 4 is 39.1 Å². The van der Waals surface area contributed by atoms with Crippen LogP contribution in [-0.4, -0.2) is 57.9 Å². The summed E-state index contributed by atoms with van der Waals surface area (Å²) in [6.07, 6.45) is 6.62. The number of rotatable bonds is 4. The molecule has 7 rings (SSSR count). The molecule has 1 aromatic carbocycles. The molecule has 0 radical (unpaired) electrons. The first-order chi connectivity index (χ1) is 21.0. The summed E-state index contributed by atoms with van der Waals surface area (Å²) in [7, 11) is 4.74. The summed E-state index contributed by atoms with van der Waals surface area (Å²) >= 11 is 0. The average molecular weight is 600 g/mol. The number of hydrogen-bond acceptors (Lipinski definition) is 6. The number of pyridine rings is 1. The van der Waals surface area contributed by atoms with Crippen LogP contribution in [0.5, 0.6) is 0 Å². The largest absolute Gasteiger partial charge is 0.453 e. The molecule has 1 fully saturated rings. The number of fused-ring (bicyclic) bond motifs is 4. The highest BCUT2D eigenvalue weighted by Gasteiger charge is 2.33. The summed E-state index contributed by atoms with van der Waals surface area (Å²) in [6, 6.07) is 5.77. The fourth-order valence-corrected chi connectivity index (χ4v) is 6.71. The van der Waals surface area contributed by atoms with Gasteiger partial charge in [0.25, 0.3) is 0 Å². The van der Waals surface area contributed by atoms with E-state index in [-0.39, 0.29) is 23.3 Å². The number of carbonyl (C=O) groups is 1. The quantitative estimate of drug-likeness (QED) is 0.294. The van der Waals surface area contributed by atoms with E-state index in [0.29, 0.717) is 52.6 Å². The molecule has 0 bridgehead atoms. The summed E-state index contributed by atoms with van der Waals surface area (Å²) < 4.78 is 26.9. The fraction of sp³-hybridized carbons (Fsp3) is 0.387. The summed E-state index contributed by atoms with van der Waals surface area (Å²) in [5, 5.41) is 13.1. The van der Waals surface area contributed by atoms with Gasteiger partial charge in [0, 0.05) is 43.3 Å². The third kappa shape index (κ3) is 4.20. The van der Waals surface area contributed by atoms with Gasteiger partial charge >= 0.3 is 11.8 Å². The predicted molar refractivity (Wildman–Crippen MR) is 165 cm³/mol. The number of hydrogen-bond donors (Lipinski definition) is 2. The van der Waals surface area contributed by atoms with Crippen LogP contribution in [0.2, 0.25) is 0 Å². The number of nitrogens with zero attached hydrogens (tertiary/aromatic N) is 7. The molecule has 0 saturated heterocycles. The van der Waals surface area contributed by atoms with Crippen molar-refractivity contribution in [2.45, 2.75) is 57.7 Å². The van der Waals surface area contributed by atoms with Crippen LogP contribution in [0.4, 0.5) is 9.18 Å². The molecule has 13 heteroatoms. The van der Waals surface area contributed by atoms with Crippen LogP contribution in [0, 0.1) is 5.95 Å². The van der Waals surface area contributed by atoms with Crippen molar-refractivity contribution in [1.29, 1.82) is 0 Å². The number of H-pyrrole nitrogens is 1. The number of ether oxygens (including phenoxy) is 1. The molecule has 1 amide bonds. The van der Waals surface area contributed by atoms with E-state index in [1.165, 1.54) is 11.8 Å². The van der Waals surface area contributed by atoms with Crippen LogP contribution in [0.1, 0.15) is 46.1 Å². The number of aryl methyl sites for hydroxylation is 2. The number of imidazole rings is 1. The SMILES string of the molecule is COC(=O)N[C@@H]1CC[C@@H](n2c(=O)n(C)c3cnc4[nH]c(-c5cn(C)nc5F)c(-c5ccc6c(cnn6C(C)(C)C)c5)c4c32)C1. The van der Waals surface area contributed by atoms with Crippen LogP contribution < -0.4 is 11.0 Å². The molecule has 0 aliphatic heterocycles. The van der Waals surface area contributed by atoms with Crippen molar-refractivity contribution in [1.82, 2.24) is 44.0 Å². The van der Waals surface area contributed by atoms with Crippen molar-refractivity contribution in [2.75, 3.05) is 7.11 Å². The minimum Gasteiger partial charge on any atom is -0.453 e. The molecule has 2 atom stereocenters. The number of halogens is 1. The first-order valence-electron chi connectivity index (χ1n) is 14.6. The van der Waals surface area contributed by atoms with Gasteiger partial charge in [-0.2, -0.15) is 9.49 Å². The van der Waals surface area contributed by atoms with Crippen molar-refractivity contribution < 1.29 is 13.9 Å². The summed E-state index contributed by atoms with van der Waals surface area (Å²) in [5.74, 6) is -0.615. The Bertz CT molecular complexity index is 2160. The number of carbonyl (C=O) groups excluding carboxylic acids is 1. The van der Waals surface area contributed by atoms with Crippen LogP contribution >= 0.6 is 0 Å². The van der Waals surface area contributed by atoms with E-state index in [2.05, 4.69) is 41.3 Å². The van der Waals surface area contributed by atoms with E-state index >= 15 is 4.39 Å². The van der Waals surface area contributed by atoms with Crippen LogP contribution in [0.15, 0.2) is 41.6 Å². The molecular weight excluding hydrogens is 565 g/mol. The molecule has 44 heavy (non-hydrogen) atoms. The second-order valence-corrected chi connectivity index (χ2v) is 12.6. The van der Waals surface area contributed by atoms with Gasteiger partial charge in [-0.1, -0.05) is 6.07 Å². The lowest BCUT2D eigenvalue weighted by Gasteiger charge is -2.20. The van der Waals surface area contributed by atoms with Gasteiger partial charge in [-0.25, -0.2) is 14.6 Å². The zero-order valence-electron chi connectivity index (χ0n) is 25.5. The number of amides is 1. The van der Waals surface area contributed by atoms with E-state index in [9.17, 15) is 9.59 Å². The summed E-state index contributed by atoms with van der Waals surface area (Å²) in [5.41, 5.74) is 4.84. The molecule has 0 unspecified atom stereocenters. The van der Waals surface area contributed by atoms with Gasteiger partial charge in [0.1, 0.15) is 5.65 Å². The Morgan fingerprint density at radius 1 is 1.16 bits per heavy atom. The van der Waals surface area contributed by atoms with Gasteiger partial charge in [-0.05, 0) is 57.7 Å². The summed E-state index contributed by atoms with van der Waals surface area (Å²) in [6.45, 7) is 6.30. The van der Waals surface area contributed by atoms with Crippen molar-refractivity contribution in [3.8, 4) is 22.4 Å². The third-order valence-electron chi connectivity index (χ3n) is 8.69. The second-order valence-electron chi connectivity index (χ2n) is 12.6. The highest BCUT2D eigenvalue weighted by Crippen LogP contribution is 2.43. The number of benzene rings is 1. The van der Waals surface area contributed by atoms with E-state index in [4.69, 9.17) is 9.72 Å². The molecule has 228 valence electrons. The van der Waals surface area contributed by atoms with E-state index in [1.54, 1.807) is 31.1 Å². The molecule has 1 saturated carbocycles. The van der Waals surface area contributed by atoms with Gasteiger partial charge in [-0.3, -0.25) is 18.5 Å². The fourth-order valence-electron chi connectivity index (χ4n) is 6.71. The molecular formula is C31H34FN9O3. The number of methoxy groups -OCH3 is 1. The maximum Gasteiger partial charge on any atom is 0.407 e. The van der Waals surface area contributed by atoms with E-state index < -0.39 is 12.0 Å². The second kappa shape index (κ2) is 9.79. The van der Waals surface area contributed by atoms with Crippen LogP contribution in [-0.2, 0) is 24.4 Å². The lowest BCUT2D eigenvalue weighted by atomic mass is 9.98. The Morgan fingerprint density at radius 3 is 2.66 bits per heavy atom. The number of aromatic nitrogens is 8. The number of nitrogens with one attached hydrogen (secondary N) is 2. The lowest BCUT2D eigenvalue weighted by molar-refractivity contribution is 0.166. The monoisotopic (exact) mass is 599 g/mol. The number of alkyl carbamates (subject to hydrolysis) is 1. The maximum atomic E-state index is 15.3. The van der Waals surface area contributed by atoms with E-state index in [0.717, 1.165) is 22.0 Å². The number of aromatic amines is 1. The van der Waals surface area contributed by atoms with Crippen LogP contribution in [0.3, 0.4) is 0 Å². The van der Waals surface area contributed by atoms with Gasteiger partial charge in [-0.15, -0.1) is 5.10 Å². The highest BCUT2D eigenvalue weighted by atomic mass is 19.1. The molecule has 12 nitrogen and oxygen atoms in total. The normalized spacial score (nSPS) is 17.3. The lowest BCUT2D eigenvalue weighted by Crippen LogP contribution is -2.33. The minimum atomic E-state index is -0.615. The standard InChI is InChI=1S/C31H34FN9O3/c1-31(2,3)41-21-10-7-16(11-17(21)13-34-41)23-24-26-22(14-33-28(24)36-25(23)20-15-38(4)37-27(20)32)39(5)30(43)40(26)19-9-8-18(12-19)35-29(42)44-6/h7,10-11,13-15,18-19H,8-9,12H2,1-6H3,(H,33,36)(H,35,42)/t18-,19-/m1/s1. The minimum absolute atomic E-state index is 0.126. The molecule has 6 aromatic rings. The Balaban J connectivity index is 1.51. The molecule has 1 aliphatic rings. The average Bonchev–Trinajstić information content (AvgIpc) is 3.78. The Morgan fingerprint density at radius 2 is 1.95 bits per heavy atom. The predicted octanol–water partition coefficient (Wildman–Crippen LogP) is 4.98. The first-order valence-corrected chi connectivity index (χ1v) is 14.6. The van der Waals surface area contributed by atoms with E-state index in [1.807, 2.05) is 33.6 Å². The smallest absolute Gasteiger partial charge is 0.407 e. The van der Waals surface area contributed by atoms with Gasteiger partial charge in [0.2, 0.25) is 5.95 Å². The molecule has 2 N–H and O–H groups in total. The van der Waals surface area contributed by atoms with Gasteiger partial charge < -0.3 is 15.0 Å². The maximum absolute atomic E-state index is 15.3. The van der Waals surface area contributed by atoms with Gasteiger partial charge in [0.05, 0.1) is 58.2 Å². The molecule has 5 heterocycles.